The first-order valence-corrected chi connectivity index (χ1v) is 7.70. The highest BCUT2D eigenvalue weighted by Crippen LogP contribution is 2.36. The molecular formula is C17H27NO. The minimum absolute atomic E-state index is 0.618. The zero-order valence-corrected chi connectivity index (χ0v) is 12.5. The van der Waals surface area contributed by atoms with Gasteiger partial charge in [-0.15, -0.1) is 0 Å². The van der Waals surface area contributed by atoms with E-state index in [2.05, 4.69) is 37.4 Å². The average Bonchev–Trinajstić information content (AvgIpc) is 2.47. The number of ether oxygens (including phenoxy) is 1. The molecule has 0 fully saturated rings. The molecule has 106 valence electrons. The van der Waals surface area contributed by atoms with Crippen LogP contribution in [0.3, 0.4) is 0 Å². The minimum atomic E-state index is 0.618. The predicted molar refractivity (Wildman–Crippen MR) is 81.0 cm³/mol. The van der Waals surface area contributed by atoms with Crippen LogP contribution in [0.5, 0.6) is 5.75 Å². The van der Waals surface area contributed by atoms with E-state index in [4.69, 9.17) is 4.74 Å². The van der Waals surface area contributed by atoms with E-state index >= 15 is 0 Å². The minimum Gasteiger partial charge on any atom is -0.497 e. The van der Waals surface area contributed by atoms with Gasteiger partial charge < -0.3 is 10.1 Å². The van der Waals surface area contributed by atoms with Crippen LogP contribution in [0.4, 0.5) is 0 Å². The van der Waals surface area contributed by atoms with Gasteiger partial charge in [0.25, 0.3) is 0 Å². The number of hydrogen-bond acceptors (Lipinski definition) is 2. The average molecular weight is 261 g/mol. The van der Waals surface area contributed by atoms with Crippen molar-refractivity contribution in [2.45, 2.75) is 57.9 Å². The van der Waals surface area contributed by atoms with Gasteiger partial charge in [0.05, 0.1) is 7.11 Å². The molecule has 1 aliphatic carbocycles. The van der Waals surface area contributed by atoms with Crippen molar-refractivity contribution < 1.29 is 4.74 Å². The van der Waals surface area contributed by atoms with Gasteiger partial charge in [0.2, 0.25) is 0 Å². The Balaban J connectivity index is 2.20. The van der Waals surface area contributed by atoms with Crippen molar-refractivity contribution in [3.05, 3.63) is 29.3 Å². The zero-order chi connectivity index (χ0) is 13.7. The molecule has 1 aliphatic rings. The second-order valence-corrected chi connectivity index (χ2v) is 5.53. The summed E-state index contributed by atoms with van der Waals surface area (Å²) in [6.07, 6.45) is 6.23. The van der Waals surface area contributed by atoms with E-state index in [0.29, 0.717) is 12.0 Å². The maximum atomic E-state index is 5.35. The summed E-state index contributed by atoms with van der Waals surface area (Å²) < 4.78 is 5.35. The molecule has 0 amide bonds. The molecule has 0 spiro atoms. The van der Waals surface area contributed by atoms with Crippen LogP contribution in [-0.2, 0) is 6.42 Å². The quantitative estimate of drug-likeness (QED) is 0.838. The van der Waals surface area contributed by atoms with Crippen molar-refractivity contribution in [2.24, 2.45) is 0 Å². The summed E-state index contributed by atoms with van der Waals surface area (Å²) in [5.74, 6) is 1.67. The van der Waals surface area contributed by atoms with Crippen LogP contribution in [0.1, 0.15) is 56.6 Å². The highest BCUT2D eigenvalue weighted by Gasteiger charge is 2.26. The van der Waals surface area contributed by atoms with Gasteiger partial charge in [-0.2, -0.15) is 0 Å². The number of fused-ring (bicyclic) bond motifs is 1. The molecule has 0 saturated heterocycles. The van der Waals surface area contributed by atoms with E-state index in [1.807, 2.05) is 0 Å². The first-order chi connectivity index (χ1) is 9.30. The Morgan fingerprint density at radius 3 is 2.89 bits per heavy atom. The lowest BCUT2D eigenvalue weighted by atomic mass is 9.78. The van der Waals surface area contributed by atoms with E-state index < -0.39 is 0 Å². The maximum absolute atomic E-state index is 5.35. The van der Waals surface area contributed by atoms with E-state index in [0.717, 1.165) is 12.3 Å². The third kappa shape index (κ3) is 3.30. The number of hydrogen-bond donors (Lipinski definition) is 1. The Bertz CT molecular complexity index is 402. The summed E-state index contributed by atoms with van der Waals surface area (Å²) in [6, 6.07) is 7.25. The van der Waals surface area contributed by atoms with Crippen LogP contribution >= 0.6 is 0 Å². The Kier molecular flexibility index (Phi) is 5.26. The highest BCUT2D eigenvalue weighted by atomic mass is 16.5. The van der Waals surface area contributed by atoms with Crippen molar-refractivity contribution in [1.29, 1.82) is 0 Å². The molecule has 1 N–H and O–H groups in total. The van der Waals surface area contributed by atoms with E-state index in [1.165, 1.54) is 37.7 Å². The Morgan fingerprint density at radius 2 is 2.21 bits per heavy atom. The number of nitrogens with one attached hydrogen (secondary N) is 1. The highest BCUT2D eigenvalue weighted by molar-refractivity contribution is 5.40. The van der Waals surface area contributed by atoms with Crippen LogP contribution < -0.4 is 10.1 Å². The van der Waals surface area contributed by atoms with Gasteiger partial charge in [-0.3, -0.25) is 0 Å². The third-order valence-electron chi connectivity index (χ3n) is 4.29. The van der Waals surface area contributed by atoms with Crippen LogP contribution in [0, 0.1) is 0 Å². The fraction of sp³-hybridized carbons (Fsp3) is 0.647. The third-order valence-corrected chi connectivity index (χ3v) is 4.29. The van der Waals surface area contributed by atoms with Gasteiger partial charge in [-0.25, -0.2) is 0 Å². The fourth-order valence-corrected chi connectivity index (χ4v) is 3.27. The number of methoxy groups -OCH3 is 1. The van der Waals surface area contributed by atoms with E-state index in [-0.39, 0.29) is 0 Å². The molecule has 2 atom stereocenters. The van der Waals surface area contributed by atoms with Gasteiger partial charge >= 0.3 is 0 Å². The van der Waals surface area contributed by atoms with Crippen LogP contribution in [-0.4, -0.2) is 19.7 Å². The van der Waals surface area contributed by atoms with Crippen molar-refractivity contribution in [1.82, 2.24) is 5.32 Å². The first kappa shape index (κ1) is 14.4. The molecule has 2 heteroatoms. The summed E-state index contributed by atoms with van der Waals surface area (Å²) in [5.41, 5.74) is 3.04. The monoisotopic (exact) mass is 261 g/mol. The normalized spacial score (nSPS) is 19.8. The summed E-state index contributed by atoms with van der Waals surface area (Å²) in [5, 5.41) is 3.73. The van der Waals surface area contributed by atoms with Crippen LogP contribution in [0.25, 0.3) is 0 Å². The largest absolute Gasteiger partial charge is 0.497 e. The molecule has 0 heterocycles. The number of benzene rings is 1. The Morgan fingerprint density at radius 1 is 1.37 bits per heavy atom. The second kappa shape index (κ2) is 6.95. The summed E-state index contributed by atoms with van der Waals surface area (Å²) in [6.45, 7) is 5.66. The molecule has 2 rings (SSSR count). The topological polar surface area (TPSA) is 21.3 Å². The smallest absolute Gasteiger partial charge is 0.119 e. The van der Waals surface area contributed by atoms with Crippen LogP contribution in [0.2, 0.25) is 0 Å². The zero-order valence-electron chi connectivity index (χ0n) is 12.5. The lowest BCUT2D eigenvalue weighted by Crippen LogP contribution is -2.36. The maximum Gasteiger partial charge on any atom is 0.119 e. The lowest BCUT2D eigenvalue weighted by Gasteiger charge is -2.33. The molecule has 19 heavy (non-hydrogen) atoms. The number of rotatable bonds is 6. The predicted octanol–water partition coefficient (Wildman–Crippen LogP) is 3.89. The molecule has 2 nitrogen and oxygen atoms in total. The molecule has 0 aliphatic heterocycles. The van der Waals surface area contributed by atoms with Crippen molar-refractivity contribution >= 4 is 0 Å². The van der Waals surface area contributed by atoms with Gasteiger partial charge in [0.15, 0.2) is 0 Å². The summed E-state index contributed by atoms with van der Waals surface area (Å²) in [4.78, 5) is 0. The fourth-order valence-electron chi connectivity index (χ4n) is 3.27. The number of aryl methyl sites for hydroxylation is 1. The molecule has 0 aromatic heterocycles. The Hall–Kier alpha value is -1.02. The van der Waals surface area contributed by atoms with Crippen molar-refractivity contribution in [2.75, 3.05) is 13.7 Å². The summed E-state index contributed by atoms with van der Waals surface area (Å²) >= 11 is 0. The van der Waals surface area contributed by atoms with Gasteiger partial charge in [-0.1, -0.05) is 19.9 Å². The van der Waals surface area contributed by atoms with Gasteiger partial charge in [0, 0.05) is 6.04 Å². The lowest BCUT2D eigenvalue weighted by molar-refractivity contribution is 0.380. The van der Waals surface area contributed by atoms with Crippen molar-refractivity contribution in [3.8, 4) is 5.75 Å². The molecule has 2 unspecified atom stereocenters. The van der Waals surface area contributed by atoms with Crippen LogP contribution in [0.15, 0.2) is 18.2 Å². The second-order valence-electron chi connectivity index (χ2n) is 5.53. The van der Waals surface area contributed by atoms with E-state index in [1.54, 1.807) is 12.7 Å². The molecular weight excluding hydrogens is 234 g/mol. The van der Waals surface area contributed by atoms with Gasteiger partial charge in [0.1, 0.15) is 5.75 Å². The molecule has 0 saturated carbocycles. The molecule has 0 bridgehead atoms. The molecule has 1 aromatic carbocycles. The molecule has 0 radical (unpaired) electrons. The van der Waals surface area contributed by atoms with Crippen molar-refractivity contribution in [3.63, 3.8) is 0 Å². The van der Waals surface area contributed by atoms with E-state index in [9.17, 15) is 0 Å². The Labute approximate surface area is 117 Å². The summed E-state index contributed by atoms with van der Waals surface area (Å²) in [7, 11) is 1.75. The SMILES string of the molecule is CCCNC(CC)C1CCCc2cc(OC)ccc21. The molecule has 1 aromatic rings. The first-order valence-electron chi connectivity index (χ1n) is 7.70. The van der Waals surface area contributed by atoms with Gasteiger partial charge in [-0.05, 0) is 67.8 Å². The standard InChI is InChI=1S/C17H27NO/c1-4-11-18-17(5-2)16-8-6-7-13-12-14(19-3)9-10-15(13)16/h9-10,12,16-18H,4-8,11H2,1-3H3.